The van der Waals surface area contributed by atoms with Crippen molar-refractivity contribution in [1.29, 1.82) is 0 Å². The second-order valence-electron chi connectivity index (χ2n) is 10.0. The average molecular weight is 524 g/mol. The maximum absolute atomic E-state index is 12.9. The molecule has 200 valence electrons. The fourth-order valence-corrected chi connectivity index (χ4v) is 3.97. The van der Waals surface area contributed by atoms with Gasteiger partial charge in [-0.3, -0.25) is 29.8 Å². The van der Waals surface area contributed by atoms with Crippen LogP contribution in [0.3, 0.4) is 0 Å². The molecule has 38 heavy (non-hydrogen) atoms. The molecule has 3 heterocycles. The summed E-state index contributed by atoms with van der Waals surface area (Å²) < 4.78 is 6.94. The highest BCUT2D eigenvalue weighted by Crippen LogP contribution is 2.34. The van der Waals surface area contributed by atoms with Crippen molar-refractivity contribution >= 4 is 45.7 Å². The molecule has 4 aromatic rings. The van der Waals surface area contributed by atoms with Crippen molar-refractivity contribution in [3.8, 4) is 11.3 Å². The number of nitro benzene ring substituents is 1. The first-order valence-electron chi connectivity index (χ1n) is 11.8. The summed E-state index contributed by atoms with van der Waals surface area (Å²) in [5.74, 6) is -0.0686. The second-order valence-corrected chi connectivity index (χ2v) is 10.0. The van der Waals surface area contributed by atoms with Gasteiger partial charge in [0, 0.05) is 25.7 Å². The minimum atomic E-state index is -0.908. The number of hydrogen-bond donors (Lipinski definition) is 2. The van der Waals surface area contributed by atoms with Crippen LogP contribution in [-0.4, -0.2) is 70.2 Å². The number of aromatic nitrogens is 6. The van der Waals surface area contributed by atoms with E-state index in [-0.39, 0.29) is 17.2 Å². The number of aryl methyl sites for hydroxylation is 3. The van der Waals surface area contributed by atoms with Crippen molar-refractivity contribution in [3.63, 3.8) is 0 Å². The number of nitrogens with zero attached hydrogens (tertiary/aromatic N) is 7. The molecular formula is C24H29N9O5. The van der Waals surface area contributed by atoms with Gasteiger partial charge in [-0.15, -0.1) is 0 Å². The van der Waals surface area contributed by atoms with E-state index in [1.165, 1.54) is 20.0 Å². The normalized spacial score (nSPS) is 12.5. The van der Waals surface area contributed by atoms with Crippen molar-refractivity contribution < 1.29 is 19.2 Å². The van der Waals surface area contributed by atoms with Crippen molar-refractivity contribution in [3.05, 3.63) is 33.8 Å². The van der Waals surface area contributed by atoms with Crippen LogP contribution in [-0.2, 0) is 16.6 Å². The summed E-state index contributed by atoms with van der Waals surface area (Å²) in [6.45, 7) is 10.3. The maximum Gasteiger partial charge on any atom is 0.410 e. The molecule has 0 aliphatic carbocycles. The predicted molar refractivity (Wildman–Crippen MR) is 140 cm³/mol. The molecule has 0 aliphatic rings. The van der Waals surface area contributed by atoms with Crippen LogP contribution in [0, 0.1) is 24.0 Å². The largest absolute Gasteiger partial charge is 0.444 e. The Morgan fingerprint density at radius 1 is 1.18 bits per heavy atom. The maximum atomic E-state index is 12.9. The van der Waals surface area contributed by atoms with Gasteiger partial charge in [-0.05, 0) is 47.6 Å². The van der Waals surface area contributed by atoms with E-state index in [1.54, 1.807) is 45.5 Å². The molecule has 0 saturated heterocycles. The topological polar surface area (TPSA) is 174 Å². The van der Waals surface area contributed by atoms with Crippen LogP contribution >= 0.6 is 0 Å². The van der Waals surface area contributed by atoms with Crippen molar-refractivity contribution in [1.82, 2.24) is 34.6 Å². The molecule has 2 N–H and O–H groups in total. The summed E-state index contributed by atoms with van der Waals surface area (Å²) in [5.41, 5.74) is 2.33. The van der Waals surface area contributed by atoms with Crippen LogP contribution < -0.4 is 5.32 Å². The van der Waals surface area contributed by atoms with Gasteiger partial charge in [0.15, 0.2) is 5.52 Å². The van der Waals surface area contributed by atoms with E-state index in [4.69, 9.17) is 4.74 Å². The van der Waals surface area contributed by atoms with E-state index in [0.717, 1.165) is 4.90 Å². The number of anilines is 1. The van der Waals surface area contributed by atoms with E-state index >= 15 is 0 Å². The molecule has 14 heteroatoms. The molecule has 0 aliphatic heterocycles. The van der Waals surface area contributed by atoms with E-state index in [2.05, 4.69) is 30.4 Å². The number of amides is 2. The van der Waals surface area contributed by atoms with Crippen molar-refractivity contribution in [2.45, 2.75) is 53.2 Å². The Morgan fingerprint density at radius 3 is 2.50 bits per heavy atom. The summed E-state index contributed by atoms with van der Waals surface area (Å²) in [6, 6.07) is 2.15. The molecule has 0 bridgehead atoms. The first-order valence-corrected chi connectivity index (χ1v) is 11.8. The van der Waals surface area contributed by atoms with Gasteiger partial charge in [0.2, 0.25) is 11.9 Å². The first-order chi connectivity index (χ1) is 17.7. The molecular weight excluding hydrogens is 494 g/mol. The SMILES string of the molecule is Cc1nc(-c2cc([N+](=O)[O-])c3nc(NC(=O)C(C)N(C)C(=O)OC(C)(C)C)[nH]c3c2)c2c(n1)c(C)nn2C. The van der Waals surface area contributed by atoms with Crippen molar-refractivity contribution in [2.75, 3.05) is 12.4 Å². The smallest absolute Gasteiger partial charge is 0.410 e. The molecule has 0 fully saturated rings. The lowest BCUT2D eigenvalue weighted by Crippen LogP contribution is -2.45. The molecule has 0 radical (unpaired) electrons. The number of aromatic amines is 1. The number of fused-ring (bicyclic) bond motifs is 2. The highest BCUT2D eigenvalue weighted by Gasteiger charge is 2.28. The fraction of sp³-hybridized carbons (Fsp3) is 0.417. The van der Waals surface area contributed by atoms with Crippen LogP contribution in [0.2, 0.25) is 0 Å². The third kappa shape index (κ3) is 4.96. The third-order valence-electron chi connectivity index (χ3n) is 5.88. The molecule has 3 aromatic heterocycles. The summed E-state index contributed by atoms with van der Waals surface area (Å²) in [7, 11) is 3.20. The number of ether oxygens (including phenoxy) is 1. The molecule has 14 nitrogen and oxygen atoms in total. The number of rotatable bonds is 5. The molecule has 4 rings (SSSR count). The first kappa shape index (κ1) is 26.4. The lowest BCUT2D eigenvalue weighted by Gasteiger charge is -2.27. The number of nitro groups is 1. The summed E-state index contributed by atoms with van der Waals surface area (Å²) in [5, 5.41) is 19.0. The Hall–Kier alpha value is -4.62. The van der Waals surface area contributed by atoms with Crippen molar-refractivity contribution in [2.24, 2.45) is 7.05 Å². The van der Waals surface area contributed by atoms with Crippen LogP contribution in [0.5, 0.6) is 0 Å². The van der Waals surface area contributed by atoms with E-state index in [0.29, 0.717) is 39.3 Å². The number of carbonyl (C=O) groups excluding carboxylic acids is 2. The number of H-pyrrole nitrogens is 1. The van der Waals surface area contributed by atoms with Gasteiger partial charge >= 0.3 is 6.09 Å². The van der Waals surface area contributed by atoms with Gasteiger partial charge in [-0.25, -0.2) is 19.7 Å². The zero-order chi connectivity index (χ0) is 28.1. The Balaban J connectivity index is 1.72. The Bertz CT molecular complexity index is 1600. The van der Waals surface area contributed by atoms with Gasteiger partial charge < -0.3 is 9.72 Å². The van der Waals surface area contributed by atoms with E-state index < -0.39 is 28.6 Å². The fourth-order valence-electron chi connectivity index (χ4n) is 3.97. The van der Waals surface area contributed by atoms with E-state index in [9.17, 15) is 19.7 Å². The number of imidazole rings is 1. The zero-order valence-electron chi connectivity index (χ0n) is 22.4. The summed E-state index contributed by atoms with van der Waals surface area (Å²) in [4.78, 5) is 54.0. The zero-order valence-corrected chi connectivity index (χ0v) is 22.4. The van der Waals surface area contributed by atoms with E-state index in [1.807, 2.05) is 6.92 Å². The predicted octanol–water partition coefficient (Wildman–Crippen LogP) is 3.63. The molecule has 1 aromatic carbocycles. The quantitative estimate of drug-likeness (QED) is 0.292. The molecule has 0 spiro atoms. The highest BCUT2D eigenvalue weighted by molar-refractivity contribution is 5.99. The average Bonchev–Trinajstić information content (AvgIpc) is 3.34. The van der Waals surface area contributed by atoms with Crippen LogP contribution in [0.15, 0.2) is 12.1 Å². The minimum Gasteiger partial charge on any atom is -0.444 e. The number of nitrogens with one attached hydrogen (secondary N) is 2. The summed E-state index contributed by atoms with van der Waals surface area (Å²) in [6.07, 6.45) is -0.665. The Morgan fingerprint density at radius 2 is 1.87 bits per heavy atom. The van der Waals surface area contributed by atoms with Gasteiger partial charge in [0.05, 0.1) is 16.1 Å². The third-order valence-corrected chi connectivity index (χ3v) is 5.88. The minimum absolute atomic E-state index is 0.00455. The number of likely N-dealkylation sites (N-methyl/N-ethyl adjacent to an activating group) is 1. The second kappa shape index (κ2) is 9.36. The Kier molecular flexibility index (Phi) is 6.51. The standard InChI is InChI=1S/C24H29N9O5/c1-11-17-20(32(8)30-11)18(26-13(3)25-17)14-9-15-19(16(10-14)33(36)37)28-22(27-15)29-21(34)12(2)31(7)23(35)38-24(4,5)6/h9-10,12H,1-8H3,(H2,27,28,29,34). The summed E-state index contributed by atoms with van der Waals surface area (Å²) >= 11 is 0. The molecule has 0 saturated carbocycles. The number of carbonyl (C=O) groups is 2. The monoisotopic (exact) mass is 523 g/mol. The number of hydrogen-bond acceptors (Lipinski definition) is 9. The lowest BCUT2D eigenvalue weighted by atomic mass is 10.1. The lowest BCUT2D eigenvalue weighted by molar-refractivity contribution is -0.383. The van der Waals surface area contributed by atoms with Gasteiger partial charge in [0.1, 0.15) is 34.2 Å². The Labute approximate surface area is 217 Å². The highest BCUT2D eigenvalue weighted by atomic mass is 16.6. The molecule has 2 amide bonds. The van der Waals surface area contributed by atoms with Crippen LogP contribution in [0.1, 0.15) is 39.2 Å². The van der Waals surface area contributed by atoms with Gasteiger partial charge in [0.25, 0.3) is 5.69 Å². The molecule has 1 atom stereocenters. The number of non-ortho nitro benzene ring substituents is 1. The van der Waals surface area contributed by atoms with Crippen LogP contribution in [0.25, 0.3) is 33.3 Å². The van der Waals surface area contributed by atoms with Crippen LogP contribution in [0.4, 0.5) is 16.4 Å². The number of benzene rings is 1. The molecule has 1 unspecified atom stereocenters. The van der Waals surface area contributed by atoms with Gasteiger partial charge in [-0.1, -0.05) is 0 Å². The van der Waals surface area contributed by atoms with Gasteiger partial charge in [-0.2, -0.15) is 5.10 Å².